The van der Waals surface area contributed by atoms with E-state index in [2.05, 4.69) is 20.7 Å². The Morgan fingerprint density at radius 1 is 1.39 bits per heavy atom. The number of halogens is 1. The highest BCUT2D eigenvalue weighted by molar-refractivity contribution is 6.34. The molecule has 8 heteroatoms. The van der Waals surface area contributed by atoms with Gasteiger partial charge in [0.15, 0.2) is 5.78 Å². The molecule has 120 valence electrons. The van der Waals surface area contributed by atoms with Gasteiger partial charge in [-0.3, -0.25) is 4.79 Å². The summed E-state index contributed by atoms with van der Waals surface area (Å²) in [4.78, 5) is 27.6. The number of nitrogens with one attached hydrogen (secondary N) is 2. The van der Waals surface area contributed by atoms with Crippen molar-refractivity contribution in [1.82, 2.24) is 20.1 Å². The van der Waals surface area contributed by atoms with Crippen LogP contribution in [0.15, 0.2) is 24.5 Å². The number of hydrogen-bond acceptors (Lipinski definition) is 4. The van der Waals surface area contributed by atoms with Gasteiger partial charge in [0.05, 0.1) is 17.6 Å². The predicted octanol–water partition coefficient (Wildman–Crippen LogP) is 2.27. The molecule has 1 aromatic carbocycles. The van der Waals surface area contributed by atoms with E-state index in [9.17, 15) is 9.59 Å². The number of aromatic nitrogens is 3. The highest BCUT2D eigenvalue weighted by Gasteiger charge is 2.21. The maximum Gasteiger partial charge on any atom is 0.319 e. The van der Waals surface area contributed by atoms with Crippen LogP contribution in [0.5, 0.6) is 0 Å². The van der Waals surface area contributed by atoms with Gasteiger partial charge in [0.2, 0.25) is 0 Å². The standard InChI is InChI=1S/C15H16ClN5O2/c1-9(22)12-4-2-10(6-13(12)16)19-15(23)20-11-3-5-14-17-8-18-21(14)7-11/h2,4,6,8,11H,3,5,7H2,1H3,(H2,19,20,23)/t11-/m0/s1. The van der Waals surface area contributed by atoms with E-state index in [1.54, 1.807) is 22.9 Å². The van der Waals surface area contributed by atoms with Crippen molar-refractivity contribution in [2.24, 2.45) is 0 Å². The van der Waals surface area contributed by atoms with Crippen molar-refractivity contribution < 1.29 is 9.59 Å². The quantitative estimate of drug-likeness (QED) is 0.843. The molecule has 0 bridgehead atoms. The largest absolute Gasteiger partial charge is 0.333 e. The lowest BCUT2D eigenvalue weighted by molar-refractivity contribution is 0.101. The molecule has 0 saturated carbocycles. The van der Waals surface area contributed by atoms with Gasteiger partial charge in [-0.05, 0) is 31.5 Å². The van der Waals surface area contributed by atoms with Gasteiger partial charge in [-0.15, -0.1) is 0 Å². The van der Waals surface area contributed by atoms with Crippen LogP contribution in [0.3, 0.4) is 0 Å². The van der Waals surface area contributed by atoms with Crippen LogP contribution in [0.25, 0.3) is 0 Å². The molecule has 0 radical (unpaired) electrons. The first-order valence-corrected chi connectivity index (χ1v) is 7.65. The van der Waals surface area contributed by atoms with Crippen molar-refractivity contribution in [2.75, 3.05) is 5.32 Å². The third kappa shape index (κ3) is 3.50. The molecule has 1 aromatic heterocycles. The Bertz CT molecular complexity index is 758. The van der Waals surface area contributed by atoms with E-state index in [-0.39, 0.29) is 17.9 Å². The summed E-state index contributed by atoms with van der Waals surface area (Å²) in [5, 5.41) is 10.1. The Balaban J connectivity index is 1.60. The number of anilines is 1. The van der Waals surface area contributed by atoms with E-state index in [1.807, 2.05) is 0 Å². The molecular weight excluding hydrogens is 318 g/mol. The molecular formula is C15H16ClN5O2. The molecule has 0 saturated heterocycles. The number of aryl methyl sites for hydroxylation is 1. The van der Waals surface area contributed by atoms with Gasteiger partial charge in [0.1, 0.15) is 12.2 Å². The van der Waals surface area contributed by atoms with E-state index in [0.29, 0.717) is 22.8 Å². The van der Waals surface area contributed by atoms with Crippen LogP contribution < -0.4 is 10.6 Å². The predicted molar refractivity (Wildman–Crippen MR) is 85.7 cm³/mol. The molecule has 23 heavy (non-hydrogen) atoms. The summed E-state index contributed by atoms with van der Waals surface area (Å²) in [5.41, 5.74) is 0.971. The third-order valence-electron chi connectivity index (χ3n) is 3.75. The Kier molecular flexibility index (Phi) is 4.29. The summed E-state index contributed by atoms with van der Waals surface area (Å²) in [6.45, 7) is 2.05. The Hall–Kier alpha value is -2.41. The Morgan fingerprint density at radius 3 is 2.96 bits per heavy atom. The fourth-order valence-electron chi connectivity index (χ4n) is 2.59. The number of carbonyl (C=O) groups excluding carboxylic acids is 2. The lowest BCUT2D eigenvalue weighted by Gasteiger charge is -2.23. The fraction of sp³-hybridized carbons (Fsp3) is 0.333. The molecule has 0 unspecified atom stereocenters. The second kappa shape index (κ2) is 6.37. The van der Waals surface area contributed by atoms with Crippen LogP contribution in [-0.2, 0) is 13.0 Å². The maximum absolute atomic E-state index is 12.1. The Morgan fingerprint density at radius 2 is 2.22 bits per heavy atom. The average molecular weight is 334 g/mol. The van der Waals surface area contributed by atoms with Crippen molar-refractivity contribution >= 4 is 29.1 Å². The monoisotopic (exact) mass is 333 g/mol. The molecule has 2 heterocycles. The van der Waals surface area contributed by atoms with Crippen molar-refractivity contribution in [3.8, 4) is 0 Å². The minimum absolute atomic E-state index is 0.00355. The van der Waals surface area contributed by atoms with Gasteiger partial charge >= 0.3 is 6.03 Å². The number of ketones is 1. The molecule has 1 atom stereocenters. The zero-order valence-electron chi connectivity index (χ0n) is 12.5. The van der Waals surface area contributed by atoms with Crippen LogP contribution in [-0.4, -0.2) is 32.6 Å². The van der Waals surface area contributed by atoms with Gasteiger partial charge < -0.3 is 10.6 Å². The zero-order valence-corrected chi connectivity index (χ0v) is 13.3. The minimum Gasteiger partial charge on any atom is -0.333 e. The first kappa shape index (κ1) is 15.5. The van der Waals surface area contributed by atoms with Crippen LogP contribution >= 0.6 is 11.6 Å². The normalized spacial score (nSPS) is 16.5. The summed E-state index contributed by atoms with van der Waals surface area (Å²) in [6, 6.07) is 4.50. The number of amides is 2. The second-order valence-electron chi connectivity index (χ2n) is 5.44. The lowest BCUT2D eigenvalue weighted by Crippen LogP contribution is -2.43. The molecule has 1 aliphatic rings. The molecule has 0 fully saturated rings. The SMILES string of the molecule is CC(=O)c1ccc(NC(=O)N[C@H]2CCc3ncnn3C2)cc1Cl. The van der Waals surface area contributed by atoms with Gasteiger partial charge in [-0.2, -0.15) is 5.10 Å². The summed E-state index contributed by atoms with van der Waals surface area (Å²) in [6.07, 6.45) is 3.12. The third-order valence-corrected chi connectivity index (χ3v) is 4.06. The molecule has 2 amide bonds. The van der Waals surface area contributed by atoms with E-state index in [1.165, 1.54) is 13.3 Å². The van der Waals surface area contributed by atoms with Crippen LogP contribution in [0, 0.1) is 0 Å². The second-order valence-corrected chi connectivity index (χ2v) is 5.85. The van der Waals surface area contributed by atoms with E-state index >= 15 is 0 Å². The summed E-state index contributed by atoms with van der Waals surface area (Å²) in [5.74, 6) is 0.826. The van der Waals surface area contributed by atoms with Crippen LogP contribution in [0.1, 0.15) is 29.5 Å². The van der Waals surface area contributed by atoms with Gasteiger partial charge in [-0.1, -0.05) is 11.6 Å². The number of benzene rings is 1. The van der Waals surface area contributed by atoms with Crippen LogP contribution in [0.2, 0.25) is 5.02 Å². The highest BCUT2D eigenvalue weighted by atomic mass is 35.5. The first-order chi connectivity index (χ1) is 11.0. The highest BCUT2D eigenvalue weighted by Crippen LogP contribution is 2.21. The number of urea groups is 1. The van der Waals surface area contributed by atoms with Gasteiger partial charge in [-0.25, -0.2) is 14.5 Å². The number of hydrogen-bond donors (Lipinski definition) is 2. The molecule has 7 nitrogen and oxygen atoms in total. The molecule has 3 rings (SSSR count). The number of nitrogens with zero attached hydrogens (tertiary/aromatic N) is 3. The number of Topliss-reactive ketones (excluding diaryl/α,β-unsaturated/α-hetero) is 1. The van der Waals surface area contributed by atoms with Gasteiger partial charge in [0.25, 0.3) is 0 Å². The van der Waals surface area contributed by atoms with E-state index in [4.69, 9.17) is 11.6 Å². The number of fused-ring (bicyclic) bond motifs is 1. The molecule has 0 aliphatic carbocycles. The lowest BCUT2D eigenvalue weighted by atomic mass is 10.1. The van der Waals surface area contributed by atoms with Gasteiger partial charge in [0, 0.05) is 17.7 Å². The van der Waals surface area contributed by atoms with Crippen molar-refractivity contribution in [3.05, 3.63) is 40.9 Å². The molecule has 0 spiro atoms. The van der Waals surface area contributed by atoms with Crippen molar-refractivity contribution in [3.63, 3.8) is 0 Å². The number of rotatable bonds is 3. The summed E-state index contributed by atoms with van der Waals surface area (Å²) in [7, 11) is 0. The number of carbonyl (C=O) groups is 2. The molecule has 2 aromatic rings. The Labute approximate surface area is 138 Å². The average Bonchev–Trinajstić information content (AvgIpc) is 2.94. The van der Waals surface area contributed by atoms with E-state index in [0.717, 1.165) is 18.7 Å². The topological polar surface area (TPSA) is 88.9 Å². The molecule has 2 N–H and O–H groups in total. The zero-order chi connectivity index (χ0) is 16.4. The van der Waals surface area contributed by atoms with Crippen LogP contribution in [0.4, 0.5) is 10.5 Å². The molecule has 1 aliphatic heterocycles. The maximum atomic E-state index is 12.1. The van der Waals surface area contributed by atoms with Crippen molar-refractivity contribution in [2.45, 2.75) is 32.4 Å². The fourth-order valence-corrected chi connectivity index (χ4v) is 2.90. The summed E-state index contributed by atoms with van der Waals surface area (Å²) >= 11 is 6.03. The van der Waals surface area contributed by atoms with E-state index < -0.39 is 0 Å². The minimum atomic E-state index is -0.315. The first-order valence-electron chi connectivity index (χ1n) is 7.27. The smallest absolute Gasteiger partial charge is 0.319 e. The van der Waals surface area contributed by atoms with Crippen molar-refractivity contribution in [1.29, 1.82) is 0 Å². The summed E-state index contributed by atoms with van der Waals surface area (Å²) < 4.78 is 1.80.